The minimum atomic E-state index is -0.467. The predicted molar refractivity (Wildman–Crippen MR) is 82.6 cm³/mol. The van der Waals surface area contributed by atoms with Gasteiger partial charge in [0.05, 0.1) is 21.3 Å². The van der Waals surface area contributed by atoms with Crippen LogP contribution in [0.5, 0.6) is 0 Å². The van der Waals surface area contributed by atoms with Gasteiger partial charge in [-0.1, -0.05) is 29.3 Å². The summed E-state index contributed by atoms with van der Waals surface area (Å²) in [6, 6.07) is 7.41. The predicted octanol–water partition coefficient (Wildman–Crippen LogP) is 4.43. The van der Waals surface area contributed by atoms with E-state index in [1.54, 1.807) is 12.1 Å². The van der Waals surface area contributed by atoms with E-state index in [2.05, 4.69) is 4.98 Å². The van der Waals surface area contributed by atoms with Crippen molar-refractivity contribution in [3.8, 4) is 0 Å². The van der Waals surface area contributed by atoms with Crippen molar-refractivity contribution < 1.29 is 9.18 Å². The van der Waals surface area contributed by atoms with Crippen molar-refractivity contribution in [2.24, 2.45) is 0 Å². The molecule has 2 aromatic carbocycles. The van der Waals surface area contributed by atoms with Gasteiger partial charge in [0, 0.05) is 22.7 Å². The largest absolute Gasteiger partial charge is 0.397 e. The summed E-state index contributed by atoms with van der Waals surface area (Å²) in [5.74, 6) is -0.846. The molecule has 3 aromatic rings. The highest BCUT2D eigenvalue weighted by Gasteiger charge is 2.18. The molecule has 0 fully saturated rings. The van der Waals surface area contributed by atoms with Gasteiger partial charge in [0.1, 0.15) is 5.82 Å². The Kier molecular flexibility index (Phi) is 3.35. The Bertz CT molecular complexity index is 850. The number of rotatable bonds is 2. The van der Waals surface area contributed by atoms with Crippen LogP contribution in [-0.2, 0) is 0 Å². The molecular weight excluding hydrogens is 314 g/mol. The SMILES string of the molecule is Nc1cc(C(=O)c2c[nH]c3cccc(F)c23)cc(Cl)c1Cl. The van der Waals surface area contributed by atoms with Crippen LogP contribution in [-0.4, -0.2) is 10.8 Å². The Morgan fingerprint density at radius 1 is 1.24 bits per heavy atom. The molecule has 106 valence electrons. The molecule has 0 bridgehead atoms. The van der Waals surface area contributed by atoms with E-state index in [9.17, 15) is 9.18 Å². The monoisotopic (exact) mass is 322 g/mol. The molecule has 0 aliphatic rings. The van der Waals surface area contributed by atoms with E-state index in [0.717, 1.165) is 0 Å². The lowest BCUT2D eigenvalue weighted by Gasteiger charge is -2.05. The van der Waals surface area contributed by atoms with E-state index in [1.165, 1.54) is 24.4 Å². The third-order valence-electron chi connectivity index (χ3n) is 3.22. The Morgan fingerprint density at radius 2 is 2.00 bits per heavy atom. The van der Waals surface area contributed by atoms with Crippen LogP contribution in [0, 0.1) is 5.82 Å². The highest BCUT2D eigenvalue weighted by molar-refractivity contribution is 6.44. The van der Waals surface area contributed by atoms with E-state index < -0.39 is 5.82 Å². The second-order valence-corrected chi connectivity index (χ2v) is 5.34. The van der Waals surface area contributed by atoms with Gasteiger partial charge in [-0.25, -0.2) is 4.39 Å². The van der Waals surface area contributed by atoms with Crippen molar-refractivity contribution in [2.75, 3.05) is 5.73 Å². The van der Waals surface area contributed by atoms with E-state index in [1.807, 2.05) is 0 Å². The van der Waals surface area contributed by atoms with Gasteiger partial charge in [-0.05, 0) is 24.3 Å². The van der Waals surface area contributed by atoms with Crippen LogP contribution in [0.2, 0.25) is 10.0 Å². The molecule has 0 radical (unpaired) electrons. The maximum atomic E-state index is 13.9. The summed E-state index contributed by atoms with van der Waals surface area (Å²) >= 11 is 11.8. The van der Waals surface area contributed by atoms with Crippen LogP contribution < -0.4 is 5.73 Å². The van der Waals surface area contributed by atoms with Gasteiger partial charge >= 0.3 is 0 Å². The van der Waals surface area contributed by atoms with Gasteiger partial charge < -0.3 is 10.7 Å². The third-order valence-corrected chi connectivity index (χ3v) is 4.03. The van der Waals surface area contributed by atoms with Gasteiger partial charge in [0.2, 0.25) is 0 Å². The van der Waals surface area contributed by atoms with Gasteiger partial charge in [-0.2, -0.15) is 0 Å². The fourth-order valence-corrected chi connectivity index (χ4v) is 2.55. The van der Waals surface area contributed by atoms with E-state index in [0.29, 0.717) is 5.52 Å². The molecule has 0 saturated carbocycles. The molecule has 1 aromatic heterocycles. The topological polar surface area (TPSA) is 58.9 Å². The number of halogens is 3. The smallest absolute Gasteiger partial charge is 0.195 e. The number of carbonyl (C=O) groups excluding carboxylic acids is 1. The first-order valence-corrected chi connectivity index (χ1v) is 6.79. The Labute approximate surface area is 129 Å². The number of aromatic amines is 1. The van der Waals surface area contributed by atoms with Crippen molar-refractivity contribution in [1.82, 2.24) is 4.98 Å². The minimum Gasteiger partial charge on any atom is -0.397 e. The molecule has 3 N–H and O–H groups in total. The van der Waals surface area contributed by atoms with E-state index >= 15 is 0 Å². The van der Waals surface area contributed by atoms with Gasteiger partial charge in [-0.3, -0.25) is 4.79 Å². The molecule has 0 spiro atoms. The maximum Gasteiger partial charge on any atom is 0.195 e. The number of anilines is 1. The van der Waals surface area contributed by atoms with Crippen LogP contribution in [0.1, 0.15) is 15.9 Å². The second-order valence-electron chi connectivity index (χ2n) is 4.56. The first-order chi connectivity index (χ1) is 9.99. The van der Waals surface area contributed by atoms with Crippen molar-refractivity contribution in [2.45, 2.75) is 0 Å². The first kappa shape index (κ1) is 13.9. The number of nitrogens with two attached hydrogens (primary N) is 1. The summed E-state index contributed by atoms with van der Waals surface area (Å²) in [6.45, 7) is 0. The number of hydrogen-bond donors (Lipinski definition) is 2. The zero-order chi connectivity index (χ0) is 15.1. The summed E-state index contributed by atoms with van der Waals surface area (Å²) in [5.41, 5.74) is 6.93. The number of benzene rings is 2. The average Bonchev–Trinajstić information content (AvgIpc) is 2.89. The molecule has 0 unspecified atom stereocenters. The second kappa shape index (κ2) is 5.06. The van der Waals surface area contributed by atoms with Crippen LogP contribution in [0.25, 0.3) is 10.9 Å². The standard InChI is InChI=1S/C15H9Cl2FN2O/c16-9-4-7(5-11(19)14(9)17)15(21)8-6-20-12-3-1-2-10(18)13(8)12/h1-6,20H,19H2. The molecule has 0 saturated heterocycles. The quantitative estimate of drug-likeness (QED) is 0.541. The molecular formula is C15H9Cl2FN2O. The third kappa shape index (κ3) is 2.26. The molecule has 0 aliphatic heterocycles. The molecule has 6 heteroatoms. The maximum absolute atomic E-state index is 13.9. The molecule has 1 heterocycles. The fraction of sp³-hybridized carbons (Fsp3) is 0. The molecule has 3 rings (SSSR count). The van der Waals surface area contributed by atoms with Gasteiger partial charge in [0.15, 0.2) is 5.78 Å². The van der Waals surface area contributed by atoms with Crippen LogP contribution in [0.15, 0.2) is 36.5 Å². The Hall–Kier alpha value is -2.04. The van der Waals surface area contributed by atoms with Crippen LogP contribution in [0.4, 0.5) is 10.1 Å². The first-order valence-electron chi connectivity index (χ1n) is 6.04. The molecule has 0 atom stereocenters. The molecule has 0 aliphatic carbocycles. The zero-order valence-corrected chi connectivity index (χ0v) is 12.1. The summed E-state index contributed by atoms with van der Waals surface area (Å²) < 4.78 is 13.9. The van der Waals surface area contributed by atoms with Crippen molar-refractivity contribution >= 4 is 45.6 Å². The lowest BCUT2D eigenvalue weighted by molar-refractivity contribution is 0.104. The van der Waals surface area contributed by atoms with Crippen LogP contribution in [0.3, 0.4) is 0 Å². The summed E-state index contributed by atoms with van der Waals surface area (Å²) in [7, 11) is 0. The van der Waals surface area contributed by atoms with E-state index in [-0.39, 0.29) is 38.0 Å². The highest BCUT2D eigenvalue weighted by Crippen LogP contribution is 2.31. The number of H-pyrrole nitrogens is 1. The normalized spacial score (nSPS) is 11.0. The van der Waals surface area contributed by atoms with Crippen LogP contribution >= 0.6 is 23.2 Å². The van der Waals surface area contributed by atoms with Gasteiger partial charge in [0.25, 0.3) is 0 Å². The summed E-state index contributed by atoms with van der Waals surface area (Å²) in [4.78, 5) is 15.4. The fourth-order valence-electron chi connectivity index (χ4n) is 2.22. The van der Waals surface area contributed by atoms with E-state index in [4.69, 9.17) is 28.9 Å². The molecule has 21 heavy (non-hydrogen) atoms. The van der Waals surface area contributed by atoms with Crippen molar-refractivity contribution in [3.63, 3.8) is 0 Å². The number of fused-ring (bicyclic) bond motifs is 1. The molecule has 0 amide bonds. The van der Waals surface area contributed by atoms with Gasteiger partial charge in [-0.15, -0.1) is 0 Å². The number of nitrogens with one attached hydrogen (secondary N) is 1. The van der Waals surface area contributed by atoms with Crippen molar-refractivity contribution in [3.05, 3.63) is 63.5 Å². The number of aromatic nitrogens is 1. The molecule has 3 nitrogen and oxygen atoms in total. The minimum absolute atomic E-state index is 0.181. The number of hydrogen-bond acceptors (Lipinski definition) is 2. The number of carbonyl (C=O) groups is 1. The zero-order valence-electron chi connectivity index (χ0n) is 10.6. The summed E-state index contributed by atoms with van der Waals surface area (Å²) in [6.07, 6.45) is 1.47. The summed E-state index contributed by atoms with van der Waals surface area (Å²) in [5, 5.41) is 0.616. The lowest BCUT2D eigenvalue weighted by Crippen LogP contribution is -2.03. The number of nitrogen functional groups attached to an aromatic ring is 1. The highest BCUT2D eigenvalue weighted by atomic mass is 35.5. The van der Waals surface area contributed by atoms with Crippen molar-refractivity contribution in [1.29, 1.82) is 0 Å². The Morgan fingerprint density at radius 3 is 2.71 bits per heavy atom. The Balaban J connectivity index is 2.17. The lowest BCUT2D eigenvalue weighted by atomic mass is 10.0. The number of ketones is 1. The average molecular weight is 323 g/mol.